The van der Waals surface area contributed by atoms with Crippen molar-refractivity contribution in [1.82, 2.24) is 5.32 Å². The molecule has 1 aromatic rings. The first-order valence-electron chi connectivity index (χ1n) is 7.83. The van der Waals surface area contributed by atoms with Crippen LogP contribution in [-0.2, 0) is 4.79 Å². The summed E-state index contributed by atoms with van der Waals surface area (Å²) >= 11 is 0. The Bertz CT molecular complexity index is 531. The lowest BCUT2D eigenvalue weighted by Crippen LogP contribution is -2.36. The quantitative estimate of drug-likeness (QED) is 0.848. The molecule has 1 aliphatic rings. The predicted molar refractivity (Wildman–Crippen MR) is 88.1 cm³/mol. The average Bonchev–Trinajstić information content (AvgIpc) is 2.54. The Kier molecular flexibility index (Phi) is 5.87. The summed E-state index contributed by atoms with van der Waals surface area (Å²) in [6.07, 6.45) is 7.94. The predicted octanol–water partition coefficient (Wildman–Crippen LogP) is 3.41. The van der Waals surface area contributed by atoms with Gasteiger partial charge in [0.25, 0.3) is 0 Å². The van der Waals surface area contributed by atoms with Crippen molar-refractivity contribution in [2.24, 2.45) is 5.92 Å². The van der Waals surface area contributed by atoms with Gasteiger partial charge < -0.3 is 14.8 Å². The number of ether oxygens (including phenoxy) is 2. The lowest BCUT2D eigenvalue weighted by Gasteiger charge is -2.26. The highest BCUT2D eigenvalue weighted by Crippen LogP contribution is 2.28. The van der Waals surface area contributed by atoms with E-state index in [0.29, 0.717) is 17.5 Å². The van der Waals surface area contributed by atoms with Gasteiger partial charge in [0.2, 0.25) is 5.91 Å². The van der Waals surface area contributed by atoms with Gasteiger partial charge in [-0.05, 0) is 55.4 Å². The first kappa shape index (κ1) is 16.4. The average molecular weight is 303 g/mol. The number of methoxy groups -OCH3 is 2. The van der Waals surface area contributed by atoms with Gasteiger partial charge in [0.05, 0.1) is 14.2 Å². The molecule has 22 heavy (non-hydrogen) atoms. The van der Waals surface area contributed by atoms with E-state index >= 15 is 0 Å². The molecular formula is C18H25NO3. The van der Waals surface area contributed by atoms with Gasteiger partial charge in [0.15, 0.2) is 11.5 Å². The molecule has 0 heterocycles. The van der Waals surface area contributed by atoms with Crippen LogP contribution in [-0.4, -0.2) is 26.2 Å². The molecule has 1 aromatic carbocycles. The zero-order chi connectivity index (χ0) is 15.9. The zero-order valence-electron chi connectivity index (χ0n) is 13.6. The van der Waals surface area contributed by atoms with Gasteiger partial charge in [-0.15, -0.1) is 0 Å². The number of rotatable bonds is 5. The molecule has 0 spiro atoms. The Balaban J connectivity index is 1.92. The Morgan fingerprint density at radius 3 is 2.45 bits per heavy atom. The maximum atomic E-state index is 12.0. The summed E-state index contributed by atoms with van der Waals surface area (Å²) in [6.45, 7) is 2.27. The molecule has 1 N–H and O–H groups in total. The topological polar surface area (TPSA) is 47.6 Å². The monoisotopic (exact) mass is 303 g/mol. The van der Waals surface area contributed by atoms with Gasteiger partial charge in [-0.2, -0.15) is 0 Å². The molecule has 1 saturated carbocycles. The second-order valence-electron chi connectivity index (χ2n) is 5.91. The smallest absolute Gasteiger partial charge is 0.244 e. The van der Waals surface area contributed by atoms with E-state index in [9.17, 15) is 4.79 Å². The fourth-order valence-corrected chi connectivity index (χ4v) is 2.78. The molecule has 4 nitrogen and oxygen atoms in total. The summed E-state index contributed by atoms with van der Waals surface area (Å²) in [7, 11) is 3.20. The summed E-state index contributed by atoms with van der Waals surface area (Å²) in [5, 5.41) is 3.08. The van der Waals surface area contributed by atoms with Crippen molar-refractivity contribution >= 4 is 12.0 Å². The number of carbonyl (C=O) groups is 1. The van der Waals surface area contributed by atoms with Crippen LogP contribution in [0.2, 0.25) is 0 Å². The third kappa shape index (κ3) is 4.52. The van der Waals surface area contributed by atoms with E-state index in [0.717, 1.165) is 24.3 Å². The molecule has 1 fully saturated rings. The number of carbonyl (C=O) groups excluding carboxylic acids is 1. The van der Waals surface area contributed by atoms with Gasteiger partial charge in [0, 0.05) is 12.1 Å². The highest BCUT2D eigenvalue weighted by Gasteiger charge is 2.18. The summed E-state index contributed by atoms with van der Waals surface area (Å²) in [6, 6.07) is 5.90. The van der Waals surface area contributed by atoms with Crippen LogP contribution in [0.25, 0.3) is 6.08 Å². The van der Waals surface area contributed by atoms with E-state index < -0.39 is 0 Å². The van der Waals surface area contributed by atoms with Crippen LogP contribution in [0.15, 0.2) is 24.3 Å². The van der Waals surface area contributed by atoms with Crippen LogP contribution in [0.3, 0.4) is 0 Å². The standard InChI is InChI=1S/C18H25NO3/c1-13-4-8-15(9-5-13)19-18(20)11-7-14-6-10-16(21-2)17(12-14)22-3/h6-7,10-13,15H,4-5,8-9H2,1-3H3,(H,19,20). The summed E-state index contributed by atoms with van der Waals surface area (Å²) in [5.74, 6) is 2.09. The van der Waals surface area contributed by atoms with Crippen molar-refractivity contribution in [2.45, 2.75) is 38.6 Å². The van der Waals surface area contributed by atoms with E-state index in [-0.39, 0.29) is 5.91 Å². The van der Waals surface area contributed by atoms with Crippen molar-refractivity contribution in [2.75, 3.05) is 14.2 Å². The maximum Gasteiger partial charge on any atom is 0.244 e. The molecular weight excluding hydrogens is 278 g/mol. The first-order chi connectivity index (χ1) is 10.6. The minimum atomic E-state index is -0.0330. The Morgan fingerprint density at radius 2 is 1.82 bits per heavy atom. The molecule has 0 radical (unpaired) electrons. The normalized spacial score (nSPS) is 21.6. The molecule has 1 amide bonds. The van der Waals surface area contributed by atoms with Crippen LogP contribution >= 0.6 is 0 Å². The summed E-state index contributed by atoms with van der Waals surface area (Å²) < 4.78 is 10.5. The third-order valence-corrected chi connectivity index (χ3v) is 4.20. The molecule has 0 atom stereocenters. The molecule has 0 bridgehead atoms. The minimum absolute atomic E-state index is 0.0330. The van der Waals surface area contributed by atoms with Crippen LogP contribution in [0.5, 0.6) is 11.5 Å². The molecule has 2 rings (SSSR count). The fourth-order valence-electron chi connectivity index (χ4n) is 2.78. The Morgan fingerprint density at radius 1 is 1.14 bits per heavy atom. The summed E-state index contributed by atoms with van der Waals surface area (Å²) in [5.41, 5.74) is 0.907. The molecule has 0 saturated heterocycles. The number of hydrogen-bond donors (Lipinski definition) is 1. The molecule has 120 valence electrons. The zero-order valence-corrected chi connectivity index (χ0v) is 13.6. The second kappa shape index (κ2) is 7.87. The van der Waals surface area contributed by atoms with Crippen LogP contribution in [0.1, 0.15) is 38.2 Å². The van der Waals surface area contributed by atoms with Gasteiger partial charge in [0.1, 0.15) is 0 Å². The van der Waals surface area contributed by atoms with Gasteiger partial charge in [-0.25, -0.2) is 0 Å². The summed E-state index contributed by atoms with van der Waals surface area (Å²) in [4.78, 5) is 12.0. The van der Waals surface area contributed by atoms with E-state index in [4.69, 9.17) is 9.47 Å². The second-order valence-corrected chi connectivity index (χ2v) is 5.91. The molecule has 1 aliphatic carbocycles. The number of hydrogen-bond acceptors (Lipinski definition) is 3. The maximum absolute atomic E-state index is 12.0. The number of amides is 1. The fraction of sp³-hybridized carbons (Fsp3) is 0.500. The van der Waals surface area contributed by atoms with Crippen molar-refractivity contribution in [3.8, 4) is 11.5 Å². The van der Waals surface area contributed by atoms with E-state index in [1.165, 1.54) is 12.8 Å². The third-order valence-electron chi connectivity index (χ3n) is 4.20. The Labute approximate surface area is 132 Å². The Hall–Kier alpha value is -1.97. The molecule has 4 heteroatoms. The van der Waals surface area contributed by atoms with Crippen LogP contribution < -0.4 is 14.8 Å². The van der Waals surface area contributed by atoms with Gasteiger partial charge in [-0.3, -0.25) is 4.79 Å². The molecule has 0 aromatic heterocycles. The van der Waals surface area contributed by atoms with Gasteiger partial charge >= 0.3 is 0 Å². The van der Waals surface area contributed by atoms with Crippen molar-refractivity contribution in [3.63, 3.8) is 0 Å². The van der Waals surface area contributed by atoms with Crippen LogP contribution in [0, 0.1) is 5.92 Å². The van der Waals surface area contributed by atoms with E-state index in [2.05, 4.69) is 12.2 Å². The first-order valence-corrected chi connectivity index (χ1v) is 7.83. The molecule has 0 unspecified atom stereocenters. The van der Waals surface area contributed by atoms with Crippen molar-refractivity contribution < 1.29 is 14.3 Å². The minimum Gasteiger partial charge on any atom is -0.493 e. The lowest BCUT2D eigenvalue weighted by molar-refractivity contribution is -0.117. The van der Waals surface area contributed by atoms with E-state index in [1.54, 1.807) is 26.4 Å². The van der Waals surface area contributed by atoms with Gasteiger partial charge in [-0.1, -0.05) is 13.0 Å². The van der Waals surface area contributed by atoms with Crippen LogP contribution in [0.4, 0.5) is 0 Å². The number of nitrogens with one attached hydrogen (secondary N) is 1. The largest absolute Gasteiger partial charge is 0.493 e. The van der Waals surface area contributed by atoms with Crippen molar-refractivity contribution in [1.29, 1.82) is 0 Å². The lowest BCUT2D eigenvalue weighted by atomic mass is 9.87. The molecule has 0 aliphatic heterocycles. The van der Waals surface area contributed by atoms with E-state index in [1.807, 2.05) is 18.2 Å². The van der Waals surface area contributed by atoms with Crippen molar-refractivity contribution in [3.05, 3.63) is 29.8 Å². The highest BCUT2D eigenvalue weighted by atomic mass is 16.5. The SMILES string of the molecule is COc1ccc(C=CC(=O)NC2CCC(C)CC2)cc1OC. The number of benzene rings is 1. The highest BCUT2D eigenvalue weighted by molar-refractivity contribution is 5.92.